The summed E-state index contributed by atoms with van der Waals surface area (Å²) in [6.07, 6.45) is -0.535. The average molecular weight is 222 g/mol. The third-order valence-corrected chi connectivity index (χ3v) is 2.58. The van der Waals surface area contributed by atoms with Gasteiger partial charge in [0.25, 0.3) is 0 Å². The fourth-order valence-corrected chi connectivity index (χ4v) is 1.74. The summed E-state index contributed by atoms with van der Waals surface area (Å²) in [5.74, 6) is -0.419. The molecular weight excluding hydrogens is 208 g/mol. The molecule has 1 aliphatic rings. The average Bonchev–Trinajstić information content (AvgIpc) is 3.05. The monoisotopic (exact) mass is 222 g/mol. The highest BCUT2D eigenvalue weighted by molar-refractivity contribution is 5.84. The third-order valence-electron chi connectivity index (χ3n) is 2.58. The molecule has 2 rings (SSSR count). The number of hydrogen-bond donors (Lipinski definition) is 0. The summed E-state index contributed by atoms with van der Waals surface area (Å²) in [5.41, 5.74) is -0.299. The standard InChI is InChI=1S/C12H14O4/c1-3-15-11-12(16-11,10(13)14-2)9-7-5-4-6-8-9/h4-8,11H,3H2,1-2H3. The summed E-state index contributed by atoms with van der Waals surface area (Å²) < 4.78 is 15.5. The van der Waals surface area contributed by atoms with Gasteiger partial charge in [0.15, 0.2) is 0 Å². The van der Waals surface area contributed by atoms with Crippen LogP contribution in [0.4, 0.5) is 0 Å². The van der Waals surface area contributed by atoms with Crippen molar-refractivity contribution in [1.82, 2.24) is 0 Å². The number of carbonyl (C=O) groups is 1. The summed E-state index contributed by atoms with van der Waals surface area (Å²) >= 11 is 0. The number of benzene rings is 1. The van der Waals surface area contributed by atoms with Crippen LogP contribution in [0.3, 0.4) is 0 Å². The maximum atomic E-state index is 11.8. The van der Waals surface area contributed by atoms with Crippen molar-refractivity contribution in [2.45, 2.75) is 18.8 Å². The van der Waals surface area contributed by atoms with E-state index in [0.717, 1.165) is 5.56 Å². The normalized spacial score (nSPS) is 27.5. The second-order valence-corrected chi connectivity index (χ2v) is 3.50. The minimum Gasteiger partial charge on any atom is -0.466 e. The first-order valence-corrected chi connectivity index (χ1v) is 5.19. The van der Waals surface area contributed by atoms with Gasteiger partial charge in [-0.2, -0.15) is 0 Å². The predicted molar refractivity (Wildman–Crippen MR) is 56.6 cm³/mol. The van der Waals surface area contributed by atoms with Crippen LogP contribution in [0.25, 0.3) is 0 Å². The highest BCUT2D eigenvalue weighted by atomic mass is 16.8. The van der Waals surface area contributed by atoms with Crippen molar-refractivity contribution in [2.24, 2.45) is 0 Å². The molecule has 1 heterocycles. The summed E-state index contributed by atoms with van der Waals surface area (Å²) in [7, 11) is 1.34. The maximum Gasteiger partial charge on any atom is 0.348 e. The van der Waals surface area contributed by atoms with Gasteiger partial charge >= 0.3 is 5.97 Å². The van der Waals surface area contributed by atoms with Crippen molar-refractivity contribution < 1.29 is 19.0 Å². The zero-order chi connectivity index (χ0) is 11.6. The van der Waals surface area contributed by atoms with E-state index in [2.05, 4.69) is 0 Å². The van der Waals surface area contributed by atoms with Crippen LogP contribution in [-0.4, -0.2) is 26.0 Å². The highest BCUT2D eigenvalue weighted by Crippen LogP contribution is 2.47. The van der Waals surface area contributed by atoms with Gasteiger partial charge < -0.3 is 14.2 Å². The Morgan fingerprint density at radius 3 is 2.69 bits per heavy atom. The van der Waals surface area contributed by atoms with Crippen molar-refractivity contribution in [2.75, 3.05) is 13.7 Å². The summed E-state index contributed by atoms with van der Waals surface area (Å²) in [6, 6.07) is 9.24. The second kappa shape index (κ2) is 4.23. The van der Waals surface area contributed by atoms with Crippen LogP contribution in [0, 0.1) is 0 Å². The van der Waals surface area contributed by atoms with E-state index >= 15 is 0 Å². The largest absolute Gasteiger partial charge is 0.466 e. The van der Waals surface area contributed by atoms with E-state index in [1.165, 1.54) is 7.11 Å². The van der Waals surface area contributed by atoms with E-state index in [9.17, 15) is 4.79 Å². The molecule has 1 aromatic carbocycles. The zero-order valence-corrected chi connectivity index (χ0v) is 9.30. The molecule has 1 saturated heterocycles. The topological polar surface area (TPSA) is 48.1 Å². The molecule has 1 aliphatic heterocycles. The molecule has 86 valence electrons. The molecule has 0 saturated carbocycles. The number of hydrogen-bond acceptors (Lipinski definition) is 4. The number of methoxy groups -OCH3 is 1. The molecule has 0 aliphatic carbocycles. The Morgan fingerprint density at radius 2 is 2.12 bits per heavy atom. The van der Waals surface area contributed by atoms with Crippen molar-refractivity contribution >= 4 is 5.97 Å². The molecule has 2 unspecified atom stereocenters. The molecule has 4 nitrogen and oxygen atoms in total. The molecular formula is C12H14O4. The predicted octanol–water partition coefficient (Wildman–Crippen LogP) is 1.45. The van der Waals surface area contributed by atoms with Gasteiger partial charge in [0, 0.05) is 12.2 Å². The number of rotatable bonds is 4. The first-order valence-electron chi connectivity index (χ1n) is 5.19. The van der Waals surface area contributed by atoms with Crippen LogP contribution in [-0.2, 0) is 24.6 Å². The van der Waals surface area contributed by atoms with Crippen LogP contribution < -0.4 is 0 Å². The third kappa shape index (κ3) is 1.60. The second-order valence-electron chi connectivity index (χ2n) is 3.50. The van der Waals surface area contributed by atoms with E-state index < -0.39 is 17.9 Å². The number of carbonyl (C=O) groups excluding carboxylic acids is 1. The SMILES string of the molecule is CCOC1OC1(C(=O)OC)c1ccccc1. The van der Waals surface area contributed by atoms with Crippen molar-refractivity contribution in [1.29, 1.82) is 0 Å². The van der Waals surface area contributed by atoms with Gasteiger partial charge in [0.1, 0.15) is 0 Å². The first-order chi connectivity index (χ1) is 7.75. The number of esters is 1. The van der Waals surface area contributed by atoms with Crippen LogP contribution in [0.5, 0.6) is 0 Å². The minimum absolute atomic E-state index is 0.419. The van der Waals surface area contributed by atoms with Crippen molar-refractivity contribution in [3.63, 3.8) is 0 Å². The van der Waals surface area contributed by atoms with Crippen LogP contribution in [0.2, 0.25) is 0 Å². The summed E-state index contributed by atoms with van der Waals surface area (Å²) in [5, 5.41) is 0. The zero-order valence-electron chi connectivity index (χ0n) is 9.30. The van der Waals surface area contributed by atoms with Gasteiger partial charge in [-0.25, -0.2) is 4.79 Å². The van der Waals surface area contributed by atoms with E-state index in [1.54, 1.807) is 0 Å². The summed E-state index contributed by atoms with van der Waals surface area (Å²) in [6.45, 7) is 2.35. The van der Waals surface area contributed by atoms with Gasteiger partial charge in [-0.05, 0) is 6.92 Å². The lowest BCUT2D eigenvalue weighted by Gasteiger charge is -2.10. The van der Waals surface area contributed by atoms with Crippen LogP contribution >= 0.6 is 0 Å². The first kappa shape index (κ1) is 11.1. The molecule has 0 spiro atoms. The van der Waals surface area contributed by atoms with Gasteiger partial charge in [0.2, 0.25) is 11.9 Å². The Bertz CT molecular complexity index is 376. The van der Waals surface area contributed by atoms with Crippen molar-refractivity contribution in [3.05, 3.63) is 35.9 Å². The molecule has 0 N–H and O–H groups in total. The molecule has 0 bridgehead atoms. The number of epoxide rings is 1. The van der Waals surface area contributed by atoms with E-state index in [0.29, 0.717) is 6.61 Å². The van der Waals surface area contributed by atoms with Crippen LogP contribution in [0.15, 0.2) is 30.3 Å². The van der Waals surface area contributed by atoms with Gasteiger partial charge in [-0.3, -0.25) is 0 Å². The Hall–Kier alpha value is -1.39. The molecule has 4 heteroatoms. The lowest BCUT2D eigenvalue weighted by molar-refractivity contribution is -0.147. The van der Waals surface area contributed by atoms with Crippen LogP contribution in [0.1, 0.15) is 12.5 Å². The minimum atomic E-state index is -1.06. The highest BCUT2D eigenvalue weighted by Gasteiger charge is 2.66. The molecule has 0 amide bonds. The Balaban J connectivity index is 2.28. The Morgan fingerprint density at radius 1 is 1.44 bits per heavy atom. The molecule has 2 atom stereocenters. The lowest BCUT2D eigenvalue weighted by Crippen LogP contribution is -2.27. The van der Waals surface area contributed by atoms with E-state index in [-0.39, 0.29) is 0 Å². The van der Waals surface area contributed by atoms with Gasteiger partial charge in [-0.15, -0.1) is 0 Å². The molecule has 0 radical (unpaired) electrons. The fraction of sp³-hybridized carbons (Fsp3) is 0.417. The maximum absolute atomic E-state index is 11.8. The number of ether oxygens (including phenoxy) is 3. The molecule has 1 aromatic rings. The summed E-state index contributed by atoms with van der Waals surface area (Å²) in [4.78, 5) is 11.8. The lowest BCUT2D eigenvalue weighted by atomic mass is 9.99. The van der Waals surface area contributed by atoms with Gasteiger partial charge in [-0.1, -0.05) is 30.3 Å². The van der Waals surface area contributed by atoms with Gasteiger partial charge in [0.05, 0.1) is 7.11 Å². The van der Waals surface area contributed by atoms with E-state index in [1.807, 2.05) is 37.3 Å². The fourth-order valence-electron chi connectivity index (χ4n) is 1.74. The quantitative estimate of drug-likeness (QED) is 0.571. The molecule has 0 aromatic heterocycles. The van der Waals surface area contributed by atoms with Crippen molar-refractivity contribution in [3.8, 4) is 0 Å². The Kier molecular flexibility index (Phi) is 2.94. The molecule has 1 fully saturated rings. The van der Waals surface area contributed by atoms with E-state index in [4.69, 9.17) is 14.2 Å². The Labute approximate surface area is 94.1 Å². The molecule has 16 heavy (non-hydrogen) atoms. The smallest absolute Gasteiger partial charge is 0.348 e.